The summed E-state index contributed by atoms with van der Waals surface area (Å²) in [4.78, 5) is 29.4. The molecule has 0 radical (unpaired) electrons. The Labute approximate surface area is 177 Å². The van der Waals surface area contributed by atoms with Crippen LogP contribution in [0, 0.1) is 6.92 Å². The van der Waals surface area contributed by atoms with Crippen LogP contribution in [0.5, 0.6) is 0 Å². The Balaban J connectivity index is 1.51. The van der Waals surface area contributed by atoms with E-state index in [4.69, 9.17) is 4.74 Å². The van der Waals surface area contributed by atoms with Gasteiger partial charge in [0.05, 0.1) is 16.5 Å². The van der Waals surface area contributed by atoms with Gasteiger partial charge in [0.1, 0.15) is 18.3 Å². The van der Waals surface area contributed by atoms with Gasteiger partial charge in [-0.15, -0.1) is 11.8 Å². The van der Waals surface area contributed by atoms with Crippen LogP contribution in [0.3, 0.4) is 0 Å². The number of hydrogen-bond acceptors (Lipinski definition) is 7. The molecule has 30 heavy (non-hydrogen) atoms. The first-order chi connectivity index (χ1) is 14.4. The van der Waals surface area contributed by atoms with Crippen LogP contribution in [0.25, 0.3) is 5.65 Å². The number of sulfonamides is 1. The van der Waals surface area contributed by atoms with Crippen LogP contribution in [0.1, 0.15) is 11.3 Å². The highest BCUT2D eigenvalue weighted by molar-refractivity contribution is 8.00. The van der Waals surface area contributed by atoms with Gasteiger partial charge in [-0.3, -0.25) is 14.0 Å². The molecule has 2 aromatic heterocycles. The van der Waals surface area contributed by atoms with E-state index in [1.807, 2.05) is 13.0 Å². The molecule has 8 nitrogen and oxygen atoms in total. The standard InChI is InChI=1S/C20H19N3O5S2/c1-14-7-8-18-21-15(9-19(24)22(18)10-14)11-28-20(25)17-12-29-13-23(17)30(26,27)16-5-3-2-4-6-16/h2-10,17H,11-13H2,1H3/t17-/m0/s1. The van der Waals surface area contributed by atoms with E-state index in [0.717, 1.165) is 9.87 Å². The molecule has 0 saturated carbocycles. The van der Waals surface area contributed by atoms with Crippen molar-refractivity contribution in [3.05, 3.63) is 76.3 Å². The van der Waals surface area contributed by atoms with Crippen LogP contribution in [0.2, 0.25) is 0 Å². The zero-order valence-electron chi connectivity index (χ0n) is 16.1. The molecule has 0 unspecified atom stereocenters. The van der Waals surface area contributed by atoms with Gasteiger partial charge in [-0.05, 0) is 30.7 Å². The van der Waals surface area contributed by atoms with E-state index in [1.165, 1.54) is 34.4 Å². The Hall–Kier alpha value is -2.69. The number of benzene rings is 1. The first-order valence-corrected chi connectivity index (χ1v) is 11.8. The van der Waals surface area contributed by atoms with Crippen molar-refractivity contribution in [2.75, 3.05) is 11.6 Å². The molecule has 1 aromatic carbocycles. The summed E-state index contributed by atoms with van der Waals surface area (Å²) < 4.78 is 33.7. The van der Waals surface area contributed by atoms with E-state index in [1.54, 1.807) is 30.5 Å². The summed E-state index contributed by atoms with van der Waals surface area (Å²) in [6.45, 7) is 1.66. The van der Waals surface area contributed by atoms with Crippen LogP contribution in [-0.2, 0) is 26.2 Å². The number of rotatable bonds is 5. The number of carbonyl (C=O) groups is 1. The quantitative estimate of drug-likeness (QED) is 0.553. The predicted molar refractivity (Wildman–Crippen MR) is 113 cm³/mol. The molecule has 0 aliphatic carbocycles. The molecule has 3 heterocycles. The van der Waals surface area contributed by atoms with Gasteiger partial charge in [0.2, 0.25) is 10.0 Å². The molecule has 10 heteroatoms. The topological polar surface area (TPSA) is 98.0 Å². The molecule has 0 spiro atoms. The summed E-state index contributed by atoms with van der Waals surface area (Å²) in [6, 6.07) is 11.9. The molecule has 156 valence electrons. The van der Waals surface area contributed by atoms with Gasteiger partial charge < -0.3 is 4.74 Å². The van der Waals surface area contributed by atoms with Crippen molar-refractivity contribution in [1.29, 1.82) is 0 Å². The Morgan fingerprint density at radius 2 is 2.00 bits per heavy atom. The normalized spacial score (nSPS) is 17.3. The van der Waals surface area contributed by atoms with E-state index in [9.17, 15) is 18.0 Å². The molecule has 1 aliphatic rings. The maximum absolute atomic E-state index is 12.9. The van der Waals surface area contributed by atoms with Gasteiger partial charge in [0, 0.05) is 18.0 Å². The maximum atomic E-state index is 12.9. The molecular formula is C20H19N3O5S2. The Morgan fingerprint density at radius 3 is 2.77 bits per heavy atom. The summed E-state index contributed by atoms with van der Waals surface area (Å²) in [6.07, 6.45) is 1.68. The van der Waals surface area contributed by atoms with Gasteiger partial charge in [0.15, 0.2) is 0 Å². The average molecular weight is 446 g/mol. The molecule has 1 aliphatic heterocycles. The fourth-order valence-electron chi connectivity index (χ4n) is 3.15. The Morgan fingerprint density at radius 1 is 1.23 bits per heavy atom. The summed E-state index contributed by atoms with van der Waals surface area (Å²) in [7, 11) is -3.81. The lowest BCUT2D eigenvalue weighted by Crippen LogP contribution is -2.42. The van der Waals surface area contributed by atoms with Crippen molar-refractivity contribution < 1.29 is 17.9 Å². The van der Waals surface area contributed by atoms with E-state index in [2.05, 4.69) is 4.98 Å². The highest BCUT2D eigenvalue weighted by Gasteiger charge is 2.41. The number of carbonyl (C=O) groups excluding carboxylic acids is 1. The minimum Gasteiger partial charge on any atom is -0.458 e. The minimum atomic E-state index is -3.81. The molecule has 1 fully saturated rings. The van der Waals surface area contributed by atoms with Gasteiger partial charge >= 0.3 is 5.97 Å². The SMILES string of the molecule is Cc1ccc2nc(COC(=O)[C@@H]3CSCN3S(=O)(=O)c3ccccc3)cc(=O)n2c1. The average Bonchev–Trinajstić information content (AvgIpc) is 3.24. The van der Waals surface area contributed by atoms with Crippen LogP contribution in [0.15, 0.2) is 64.4 Å². The number of hydrogen-bond donors (Lipinski definition) is 0. The predicted octanol–water partition coefficient (Wildman–Crippen LogP) is 1.81. The summed E-state index contributed by atoms with van der Waals surface area (Å²) >= 11 is 1.34. The molecule has 0 N–H and O–H groups in total. The summed E-state index contributed by atoms with van der Waals surface area (Å²) in [5.41, 5.74) is 1.40. The lowest BCUT2D eigenvalue weighted by atomic mass is 10.3. The van der Waals surface area contributed by atoms with Crippen LogP contribution < -0.4 is 5.56 Å². The van der Waals surface area contributed by atoms with Gasteiger partial charge in [-0.2, -0.15) is 4.31 Å². The Kier molecular flexibility index (Phi) is 5.63. The number of esters is 1. The highest BCUT2D eigenvalue weighted by Crippen LogP contribution is 2.29. The lowest BCUT2D eigenvalue weighted by molar-refractivity contribution is -0.148. The number of aryl methyl sites for hydroxylation is 1. The number of ether oxygens (including phenoxy) is 1. The zero-order valence-corrected chi connectivity index (χ0v) is 17.7. The fraction of sp³-hybridized carbons (Fsp3) is 0.250. The molecular weight excluding hydrogens is 426 g/mol. The van der Waals surface area contributed by atoms with Crippen molar-refractivity contribution >= 4 is 33.4 Å². The second-order valence-corrected chi connectivity index (χ2v) is 9.74. The first kappa shape index (κ1) is 20.6. The maximum Gasteiger partial charge on any atom is 0.325 e. The number of aromatic nitrogens is 2. The van der Waals surface area contributed by atoms with Gasteiger partial charge in [-0.25, -0.2) is 13.4 Å². The zero-order chi connectivity index (χ0) is 21.3. The van der Waals surface area contributed by atoms with E-state index in [-0.39, 0.29) is 22.9 Å². The number of fused-ring (bicyclic) bond motifs is 1. The van der Waals surface area contributed by atoms with Crippen molar-refractivity contribution in [2.24, 2.45) is 0 Å². The largest absolute Gasteiger partial charge is 0.458 e. The van der Waals surface area contributed by atoms with Crippen LogP contribution >= 0.6 is 11.8 Å². The monoisotopic (exact) mass is 445 g/mol. The van der Waals surface area contributed by atoms with Gasteiger partial charge in [0.25, 0.3) is 5.56 Å². The second kappa shape index (κ2) is 8.21. The van der Waals surface area contributed by atoms with E-state index < -0.39 is 22.0 Å². The van der Waals surface area contributed by atoms with Gasteiger partial charge in [-0.1, -0.05) is 24.3 Å². The van der Waals surface area contributed by atoms with Crippen LogP contribution in [-0.4, -0.2) is 45.7 Å². The molecule has 1 saturated heterocycles. The molecule has 3 aromatic rings. The molecule has 0 amide bonds. The van der Waals surface area contributed by atoms with E-state index in [0.29, 0.717) is 17.1 Å². The second-order valence-electron chi connectivity index (χ2n) is 6.85. The number of pyridine rings is 1. The Bertz CT molecular complexity index is 1260. The number of thioether (sulfide) groups is 1. The fourth-order valence-corrected chi connectivity index (χ4v) is 6.30. The summed E-state index contributed by atoms with van der Waals surface area (Å²) in [5.74, 6) is -0.186. The molecule has 1 atom stereocenters. The minimum absolute atomic E-state index is 0.129. The first-order valence-electron chi connectivity index (χ1n) is 9.16. The number of nitrogens with zero attached hydrogens (tertiary/aromatic N) is 3. The van der Waals surface area contributed by atoms with Crippen LogP contribution in [0.4, 0.5) is 0 Å². The summed E-state index contributed by atoms with van der Waals surface area (Å²) in [5, 5.41) is 0. The molecule has 0 bridgehead atoms. The highest BCUT2D eigenvalue weighted by atomic mass is 32.2. The van der Waals surface area contributed by atoms with Crippen molar-refractivity contribution in [1.82, 2.24) is 13.7 Å². The third kappa shape index (κ3) is 3.98. The third-order valence-corrected chi connectivity index (χ3v) is 7.73. The smallest absolute Gasteiger partial charge is 0.325 e. The van der Waals surface area contributed by atoms with E-state index >= 15 is 0 Å². The lowest BCUT2D eigenvalue weighted by Gasteiger charge is -2.21. The van der Waals surface area contributed by atoms with Crippen molar-refractivity contribution in [2.45, 2.75) is 24.5 Å². The third-order valence-electron chi connectivity index (χ3n) is 4.69. The van der Waals surface area contributed by atoms with Crippen molar-refractivity contribution in [3.63, 3.8) is 0 Å². The van der Waals surface area contributed by atoms with Crippen molar-refractivity contribution in [3.8, 4) is 0 Å². The molecule has 4 rings (SSSR count).